The molecule has 4 nitrogen and oxygen atoms in total. The number of nitrogens with one attached hydrogen (secondary N) is 1. The molecule has 0 atom stereocenters. The molecule has 0 bridgehead atoms. The first-order valence-corrected chi connectivity index (χ1v) is 6.50. The van der Waals surface area contributed by atoms with Crippen molar-refractivity contribution in [3.63, 3.8) is 0 Å². The molecular formula is C10H12N4S2. The summed E-state index contributed by atoms with van der Waals surface area (Å²) >= 11 is 6.95. The summed E-state index contributed by atoms with van der Waals surface area (Å²) in [4.78, 5) is 5.57. The van der Waals surface area contributed by atoms with E-state index in [9.17, 15) is 0 Å². The van der Waals surface area contributed by atoms with Gasteiger partial charge < -0.3 is 0 Å². The van der Waals surface area contributed by atoms with Crippen LogP contribution >= 0.6 is 23.6 Å². The quantitative estimate of drug-likeness (QED) is 0.836. The highest BCUT2D eigenvalue weighted by Crippen LogP contribution is 2.39. The monoisotopic (exact) mass is 252 g/mol. The maximum Gasteiger partial charge on any atom is 0.195 e. The minimum Gasteiger partial charge on any atom is -0.296 e. The zero-order chi connectivity index (χ0) is 11.3. The molecule has 0 spiro atoms. The molecule has 16 heavy (non-hydrogen) atoms. The third-order valence-electron chi connectivity index (χ3n) is 2.72. The molecule has 1 saturated carbocycles. The van der Waals surface area contributed by atoms with Crippen LogP contribution in [0.25, 0.3) is 10.7 Å². The summed E-state index contributed by atoms with van der Waals surface area (Å²) in [6, 6.07) is 0.544. The van der Waals surface area contributed by atoms with Crippen LogP contribution in [0.15, 0.2) is 0 Å². The van der Waals surface area contributed by atoms with Crippen molar-refractivity contribution in [2.75, 3.05) is 0 Å². The van der Waals surface area contributed by atoms with Gasteiger partial charge in [-0.25, -0.2) is 4.98 Å². The molecule has 0 aliphatic heterocycles. The number of thiazole rings is 1. The van der Waals surface area contributed by atoms with Crippen molar-refractivity contribution in [2.24, 2.45) is 0 Å². The van der Waals surface area contributed by atoms with E-state index in [1.807, 2.05) is 13.8 Å². The Morgan fingerprint density at radius 2 is 2.19 bits per heavy atom. The molecule has 2 aromatic heterocycles. The molecule has 3 rings (SSSR count). The Kier molecular flexibility index (Phi) is 2.22. The lowest BCUT2D eigenvalue weighted by Gasteiger charge is -2.02. The van der Waals surface area contributed by atoms with Gasteiger partial charge in [-0.3, -0.25) is 9.67 Å². The Labute approximate surface area is 102 Å². The standard InChI is InChI=1S/C10H12N4S2/c1-5-8(16-6(2)11-5)9-12-13-10(15)14(9)7-3-4-7/h7H,3-4H2,1-2H3,(H,13,15). The van der Waals surface area contributed by atoms with Crippen molar-refractivity contribution < 1.29 is 0 Å². The predicted molar refractivity (Wildman–Crippen MR) is 66.3 cm³/mol. The van der Waals surface area contributed by atoms with Gasteiger partial charge in [0.25, 0.3) is 0 Å². The normalized spacial score (nSPS) is 15.6. The Balaban J connectivity index is 2.19. The lowest BCUT2D eigenvalue weighted by Crippen LogP contribution is -1.97. The van der Waals surface area contributed by atoms with Gasteiger partial charge in [-0.2, -0.15) is 5.10 Å². The summed E-state index contributed by atoms with van der Waals surface area (Å²) < 4.78 is 2.86. The van der Waals surface area contributed by atoms with Crippen LogP contribution in [0, 0.1) is 18.6 Å². The molecule has 0 radical (unpaired) electrons. The number of aromatic amines is 1. The van der Waals surface area contributed by atoms with Crippen LogP contribution in [-0.4, -0.2) is 19.7 Å². The van der Waals surface area contributed by atoms with Gasteiger partial charge in [0.15, 0.2) is 10.6 Å². The highest BCUT2D eigenvalue weighted by molar-refractivity contribution is 7.71. The van der Waals surface area contributed by atoms with Gasteiger partial charge in [-0.15, -0.1) is 11.3 Å². The number of aromatic nitrogens is 4. The second-order valence-electron chi connectivity index (χ2n) is 4.10. The van der Waals surface area contributed by atoms with Crippen molar-refractivity contribution in [3.8, 4) is 10.7 Å². The first-order chi connectivity index (χ1) is 7.66. The summed E-state index contributed by atoms with van der Waals surface area (Å²) in [5.41, 5.74) is 1.04. The van der Waals surface area contributed by atoms with E-state index in [0.29, 0.717) is 6.04 Å². The molecule has 84 valence electrons. The second-order valence-corrected chi connectivity index (χ2v) is 5.69. The van der Waals surface area contributed by atoms with E-state index in [1.165, 1.54) is 12.8 Å². The zero-order valence-corrected chi connectivity index (χ0v) is 10.8. The van der Waals surface area contributed by atoms with Gasteiger partial charge in [0.1, 0.15) is 0 Å². The largest absolute Gasteiger partial charge is 0.296 e. The Bertz CT molecular complexity index is 588. The number of rotatable bonds is 2. The molecule has 1 aliphatic rings. The van der Waals surface area contributed by atoms with Crippen LogP contribution in [-0.2, 0) is 0 Å². The minimum absolute atomic E-state index is 0.544. The second kappa shape index (κ2) is 3.49. The van der Waals surface area contributed by atoms with Crippen LogP contribution in [0.2, 0.25) is 0 Å². The van der Waals surface area contributed by atoms with Crippen molar-refractivity contribution in [3.05, 3.63) is 15.5 Å². The van der Waals surface area contributed by atoms with Crippen molar-refractivity contribution in [1.82, 2.24) is 19.7 Å². The molecule has 0 aromatic carbocycles. The lowest BCUT2D eigenvalue weighted by atomic mass is 10.3. The average molecular weight is 252 g/mol. The van der Waals surface area contributed by atoms with Crippen LogP contribution < -0.4 is 0 Å². The van der Waals surface area contributed by atoms with Gasteiger partial charge in [0.05, 0.1) is 15.6 Å². The highest BCUT2D eigenvalue weighted by atomic mass is 32.1. The van der Waals surface area contributed by atoms with E-state index in [4.69, 9.17) is 12.2 Å². The number of aryl methyl sites for hydroxylation is 2. The first-order valence-electron chi connectivity index (χ1n) is 5.28. The fraction of sp³-hybridized carbons (Fsp3) is 0.500. The highest BCUT2D eigenvalue weighted by Gasteiger charge is 2.28. The average Bonchev–Trinajstić information content (AvgIpc) is 2.91. The molecule has 1 fully saturated rings. The Morgan fingerprint density at radius 1 is 1.44 bits per heavy atom. The fourth-order valence-corrected chi connectivity index (χ4v) is 3.06. The minimum atomic E-state index is 0.544. The number of hydrogen-bond donors (Lipinski definition) is 1. The van der Waals surface area contributed by atoms with Crippen LogP contribution in [0.5, 0.6) is 0 Å². The van der Waals surface area contributed by atoms with E-state index >= 15 is 0 Å². The van der Waals surface area contributed by atoms with Crippen molar-refractivity contribution >= 4 is 23.6 Å². The topological polar surface area (TPSA) is 46.5 Å². The number of H-pyrrole nitrogens is 1. The van der Waals surface area contributed by atoms with Crippen molar-refractivity contribution in [1.29, 1.82) is 0 Å². The summed E-state index contributed by atoms with van der Waals surface area (Å²) in [5, 5.41) is 8.30. The van der Waals surface area contributed by atoms with Crippen LogP contribution in [0.1, 0.15) is 29.6 Å². The van der Waals surface area contributed by atoms with Gasteiger partial charge in [0.2, 0.25) is 0 Å². The fourth-order valence-electron chi connectivity index (χ4n) is 1.88. The molecule has 2 aromatic rings. The molecule has 1 aliphatic carbocycles. The van der Waals surface area contributed by atoms with Crippen molar-refractivity contribution in [2.45, 2.75) is 32.7 Å². The van der Waals surface area contributed by atoms with Gasteiger partial charge in [-0.1, -0.05) is 0 Å². The van der Waals surface area contributed by atoms with E-state index in [1.54, 1.807) is 11.3 Å². The van der Waals surface area contributed by atoms with Crippen LogP contribution in [0.4, 0.5) is 0 Å². The third-order valence-corrected chi connectivity index (χ3v) is 4.08. The molecule has 2 heterocycles. The number of nitrogens with zero attached hydrogens (tertiary/aromatic N) is 3. The summed E-state index contributed by atoms with van der Waals surface area (Å²) in [6.07, 6.45) is 2.41. The number of hydrogen-bond acceptors (Lipinski definition) is 4. The molecular weight excluding hydrogens is 240 g/mol. The SMILES string of the molecule is Cc1nc(C)c(-c2n[nH]c(=S)n2C2CC2)s1. The summed E-state index contributed by atoms with van der Waals surface area (Å²) in [5.74, 6) is 0.954. The molecule has 6 heteroatoms. The Hall–Kier alpha value is -1.01. The third kappa shape index (κ3) is 1.53. The maximum absolute atomic E-state index is 5.27. The van der Waals surface area contributed by atoms with Crippen LogP contribution in [0.3, 0.4) is 0 Å². The van der Waals surface area contributed by atoms with Gasteiger partial charge >= 0.3 is 0 Å². The molecule has 0 amide bonds. The molecule has 0 saturated heterocycles. The van der Waals surface area contributed by atoms with Gasteiger partial charge in [-0.05, 0) is 38.9 Å². The summed E-state index contributed by atoms with van der Waals surface area (Å²) in [7, 11) is 0. The summed E-state index contributed by atoms with van der Waals surface area (Å²) in [6.45, 7) is 4.04. The van der Waals surface area contributed by atoms with E-state index in [-0.39, 0.29) is 0 Å². The van der Waals surface area contributed by atoms with E-state index < -0.39 is 0 Å². The zero-order valence-electron chi connectivity index (χ0n) is 9.15. The molecule has 1 N–H and O–H groups in total. The maximum atomic E-state index is 5.27. The molecule has 0 unspecified atom stereocenters. The lowest BCUT2D eigenvalue weighted by molar-refractivity contribution is 0.735. The smallest absolute Gasteiger partial charge is 0.195 e. The first kappa shape index (κ1) is 10.2. The van der Waals surface area contributed by atoms with E-state index in [2.05, 4.69) is 19.7 Å². The Morgan fingerprint density at radius 3 is 2.75 bits per heavy atom. The predicted octanol–water partition coefficient (Wildman–Crippen LogP) is 3.02. The van der Waals surface area contributed by atoms with Gasteiger partial charge in [0, 0.05) is 6.04 Å². The van der Waals surface area contributed by atoms with E-state index in [0.717, 1.165) is 26.2 Å².